The van der Waals surface area contributed by atoms with Gasteiger partial charge < -0.3 is 10.1 Å². The van der Waals surface area contributed by atoms with Crippen molar-refractivity contribution in [3.05, 3.63) is 51.7 Å². The fraction of sp³-hybridized carbons (Fsp3) is 0.389. The fourth-order valence-corrected chi connectivity index (χ4v) is 5.50. The smallest absolute Gasteiger partial charge is 0.263 e. The maximum Gasteiger partial charge on any atom is 0.263 e. The molecule has 0 bridgehead atoms. The van der Waals surface area contributed by atoms with Gasteiger partial charge in [-0.15, -0.1) is 11.3 Å². The van der Waals surface area contributed by atoms with Crippen LogP contribution in [0.25, 0.3) is 0 Å². The molecule has 1 atom stereocenters. The molecule has 1 aliphatic heterocycles. The normalized spacial score (nSPS) is 17.0. The van der Waals surface area contributed by atoms with Crippen molar-refractivity contribution in [2.24, 2.45) is 0 Å². The number of nitrogens with one attached hydrogen (secondary N) is 1. The molecule has 0 spiro atoms. The van der Waals surface area contributed by atoms with Crippen LogP contribution in [0.15, 0.2) is 40.6 Å². The number of rotatable bonds is 5. The van der Waals surface area contributed by atoms with E-state index < -0.39 is 10.0 Å². The van der Waals surface area contributed by atoms with Crippen LogP contribution in [0.3, 0.4) is 0 Å². The summed E-state index contributed by atoms with van der Waals surface area (Å²) < 4.78 is 32.3. The van der Waals surface area contributed by atoms with Gasteiger partial charge in [-0.1, -0.05) is 29.8 Å². The van der Waals surface area contributed by atoms with Crippen LogP contribution in [0.5, 0.6) is 0 Å². The summed E-state index contributed by atoms with van der Waals surface area (Å²) in [5.41, 5.74) is 2.11. The molecule has 26 heavy (non-hydrogen) atoms. The van der Waals surface area contributed by atoms with Crippen LogP contribution < -0.4 is 5.32 Å². The highest BCUT2D eigenvalue weighted by molar-refractivity contribution is 7.89. The zero-order valence-corrected chi connectivity index (χ0v) is 16.4. The molecule has 3 rings (SSSR count). The van der Waals surface area contributed by atoms with Crippen molar-refractivity contribution in [3.8, 4) is 0 Å². The van der Waals surface area contributed by atoms with Crippen molar-refractivity contribution in [2.75, 3.05) is 26.3 Å². The summed E-state index contributed by atoms with van der Waals surface area (Å²) in [7, 11) is -3.70. The van der Waals surface area contributed by atoms with E-state index in [0.717, 1.165) is 22.5 Å². The Kier molecular flexibility index (Phi) is 5.76. The second-order valence-corrected chi connectivity index (χ2v) is 9.06. The van der Waals surface area contributed by atoms with Crippen LogP contribution in [0, 0.1) is 6.92 Å². The van der Waals surface area contributed by atoms with Crippen LogP contribution in [0.4, 0.5) is 0 Å². The van der Waals surface area contributed by atoms with Gasteiger partial charge in [0, 0.05) is 13.1 Å². The highest BCUT2D eigenvalue weighted by atomic mass is 32.2. The van der Waals surface area contributed by atoms with Crippen molar-refractivity contribution in [1.29, 1.82) is 0 Å². The number of hydrogen-bond donors (Lipinski definition) is 1. The molecule has 2 aromatic rings. The summed E-state index contributed by atoms with van der Waals surface area (Å²) in [6, 6.07) is 9.17. The second-order valence-electron chi connectivity index (χ2n) is 6.24. The van der Waals surface area contributed by atoms with Crippen LogP contribution in [0.1, 0.15) is 33.8 Å². The number of morpholine rings is 1. The third kappa shape index (κ3) is 3.98. The highest BCUT2D eigenvalue weighted by Gasteiger charge is 2.31. The number of carbonyl (C=O) groups excluding carboxylic acids is 1. The first-order valence-corrected chi connectivity index (χ1v) is 10.7. The van der Waals surface area contributed by atoms with Gasteiger partial charge in [0.15, 0.2) is 0 Å². The van der Waals surface area contributed by atoms with Crippen LogP contribution in [-0.4, -0.2) is 44.9 Å². The molecule has 8 heteroatoms. The van der Waals surface area contributed by atoms with Gasteiger partial charge >= 0.3 is 0 Å². The third-order valence-electron chi connectivity index (χ3n) is 4.35. The lowest BCUT2D eigenvalue weighted by Crippen LogP contribution is -2.41. The van der Waals surface area contributed by atoms with Crippen LogP contribution in [-0.2, 0) is 14.8 Å². The molecule has 6 nitrogen and oxygen atoms in total. The number of benzene rings is 1. The predicted octanol–water partition coefficient (Wildman–Crippen LogP) is 2.57. The summed E-state index contributed by atoms with van der Waals surface area (Å²) in [6.07, 6.45) is 0. The molecule has 1 amide bonds. The van der Waals surface area contributed by atoms with Crippen molar-refractivity contribution in [3.63, 3.8) is 0 Å². The number of amides is 1. The quantitative estimate of drug-likeness (QED) is 0.846. The number of nitrogens with zero attached hydrogens (tertiary/aromatic N) is 1. The SMILES string of the molecule is Cc1ccc(C(C)NC(=O)c2sccc2S(=O)(=O)N2CCOCC2)cc1. The number of ether oxygens (including phenoxy) is 1. The lowest BCUT2D eigenvalue weighted by atomic mass is 10.1. The Bertz CT molecular complexity index is 869. The lowest BCUT2D eigenvalue weighted by Gasteiger charge is -2.26. The summed E-state index contributed by atoms with van der Waals surface area (Å²) in [4.78, 5) is 13.0. The number of thiophene rings is 1. The molecule has 1 N–H and O–H groups in total. The zero-order chi connectivity index (χ0) is 18.7. The molecule has 2 heterocycles. The van der Waals surface area contributed by atoms with Gasteiger partial charge in [-0.05, 0) is 30.9 Å². The van der Waals surface area contributed by atoms with Gasteiger partial charge in [0.05, 0.1) is 19.3 Å². The van der Waals surface area contributed by atoms with E-state index in [1.807, 2.05) is 38.1 Å². The van der Waals surface area contributed by atoms with Crippen molar-refractivity contribution in [2.45, 2.75) is 24.8 Å². The number of hydrogen-bond acceptors (Lipinski definition) is 5. The molecule has 1 aromatic carbocycles. The van der Waals surface area contributed by atoms with Crippen LogP contribution >= 0.6 is 11.3 Å². The predicted molar refractivity (Wildman–Crippen MR) is 101 cm³/mol. The fourth-order valence-electron chi connectivity index (χ4n) is 2.79. The minimum absolute atomic E-state index is 0.0676. The van der Waals surface area contributed by atoms with E-state index >= 15 is 0 Å². The lowest BCUT2D eigenvalue weighted by molar-refractivity contribution is 0.0730. The van der Waals surface area contributed by atoms with Gasteiger partial charge in [0.2, 0.25) is 10.0 Å². The zero-order valence-electron chi connectivity index (χ0n) is 14.8. The van der Waals surface area contributed by atoms with Crippen LogP contribution in [0.2, 0.25) is 0 Å². The highest BCUT2D eigenvalue weighted by Crippen LogP contribution is 2.26. The van der Waals surface area contributed by atoms with E-state index in [1.54, 1.807) is 5.38 Å². The molecule has 1 aromatic heterocycles. The molecule has 0 saturated carbocycles. The van der Waals surface area contributed by atoms with E-state index in [1.165, 1.54) is 10.4 Å². The molecule has 0 aliphatic carbocycles. The molecular weight excluding hydrogens is 372 g/mol. The van der Waals surface area contributed by atoms with Crippen molar-refractivity contribution in [1.82, 2.24) is 9.62 Å². The summed E-state index contributed by atoms with van der Waals surface area (Å²) in [5.74, 6) is -0.375. The molecular formula is C18H22N2O4S2. The Morgan fingerprint density at radius 2 is 1.85 bits per heavy atom. The minimum Gasteiger partial charge on any atom is -0.379 e. The monoisotopic (exact) mass is 394 g/mol. The van der Waals surface area contributed by atoms with E-state index in [9.17, 15) is 13.2 Å². The minimum atomic E-state index is -3.70. The average Bonchev–Trinajstić information content (AvgIpc) is 3.14. The Balaban J connectivity index is 1.79. The standard InChI is InChI=1S/C18H22N2O4S2/c1-13-3-5-15(6-4-13)14(2)19-18(21)17-16(7-12-25-17)26(22,23)20-8-10-24-11-9-20/h3-7,12,14H,8-11H2,1-2H3,(H,19,21). The largest absolute Gasteiger partial charge is 0.379 e. The van der Waals surface area contributed by atoms with Gasteiger partial charge in [-0.2, -0.15) is 4.31 Å². The first-order chi connectivity index (χ1) is 12.4. The Labute approximate surface area is 157 Å². The maximum absolute atomic E-state index is 12.9. The maximum atomic E-state index is 12.9. The summed E-state index contributed by atoms with van der Waals surface area (Å²) in [6.45, 7) is 5.23. The number of carbonyl (C=O) groups is 1. The van der Waals surface area contributed by atoms with E-state index in [2.05, 4.69) is 5.32 Å². The molecule has 1 fully saturated rings. The number of sulfonamides is 1. The molecule has 1 aliphatic rings. The van der Waals surface area contributed by atoms with Gasteiger partial charge in [-0.25, -0.2) is 8.42 Å². The third-order valence-corrected chi connectivity index (χ3v) is 7.33. The van der Waals surface area contributed by atoms with Crippen molar-refractivity contribution < 1.29 is 17.9 Å². The first kappa shape index (κ1) is 19.0. The number of aryl methyl sites for hydroxylation is 1. The van der Waals surface area contributed by atoms with E-state index in [4.69, 9.17) is 4.74 Å². The summed E-state index contributed by atoms with van der Waals surface area (Å²) in [5, 5.41) is 4.53. The molecule has 0 radical (unpaired) electrons. The first-order valence-electron chi connectivity index (χ1n) is 8.42. The van der Waals surface area contributed by atoms with Gasteiger partial charge in [-0.3, -0.25) is 4.79 Å². The molecule has 140 valence electrons. The Morgan fingerprint density at radius 1 is 1.19 bits per heavy atom. The van der Waals surface area contributed by atoms with Crippen molar-refractivity contribution >= 4 is 27.3 Å². The van der Waals surface area contributed by atoms with Gasteiger partial charge in [0.25, 0.3) is 5.91 Å². The second kappa shape index (κ2) is 7.87. The molecule has 1 unspecified atom stereocenters. The topological polar surface area (TPSA) is 75.7 Å². The van der Waals surface area contributed by atoms with E-state index in [0.29, 0.717) is 26.3 Å². The summed E-state index contributed by atoms with van der Waals surface area (Å²) >= 11 is 1.14. The molecule has 1 saturated heterocycles. The Morgan fingerprint density at radius 3 is 2.50 bits per heavy atom. The van der Waals surface area contributed by atoms with E-state index in [-0.39, 0.29) is 21.7 Å². The van der Waals surface area contributed by atoms with Gasteiger partial charge in [0.1, 0.15) is 9.77 Å². The Hall–Kier alpha value is -1.74. The average molecular weight is 395 g/mol.